The Hall–Kier alpha value is -3.52. The van der Waals surface area contributed by atoms with E-state index in [1.54, 1.807) is 38.1 Å². The van der Waals surface area contributed by atoms with E-state index in [0.717, 1.165) is 12.7 Å². The van der Waals surface area contributed by atoms with Crippen LogP contribution in [0.3, 0.4) is 0 Å². The Balaban J connectivity index is 0.00000227. The summed E-state index contributed by atoms with van der Waals surface area (Å²) in [7, 11) is 1.00. The fourth-order valence-electron chi connectivity index (χ4n) is 2.22. The maximum absolute atomic E-state index is 12.2. The number of benzene rings is 2. The molecular formula is C24H32N2O6. The Morgan fingerprint density at radius 3 is 2.16 bits per heavy atom. The third kappa shape index (κ3) is 9.53. The third-order valence-corrected chi connectivity index (χ3v) is 3.78. The molecule has 1 amide bonds. The van der Waals surface area contributed by atoms with Crippen LogP contribution in [-0.2, 0) is 9.59 Å². The van der Waals surface area contributed by atoms with Gasteiger partial charge in [0.05, 0.1) is 6.21 Å². The molecule has 174 valence electrons. The summed E-state index contributed by atoms with van der Waals surface area (Å²) in [5.41, 5.74) is 4.23. The number of carbonyl (C=O) groups excluding carboxylic acids is 3. The highest BCUT2D eigenvalue weighted by atomic mass is 16.5. The van der Waals surface area contributed by atoms with Crippen molar-refractivity contribution in [2.75, 3.05) is 7.11 Å². The lowest BCUT2D eigenvalue weighted by molar-refractivity contribution is -0.134. The SMILES string of the molecule is CC.CCC(=O)Oc1ccc(/C=N/NC(=O)c2ccccc2C)c(OC(=O)CC)c1.CO. The number of aryl methyl sites for hydroxylation is 1. The average Bonchev–Trinajstić information content (AvgIpc) is 2.83. The largest absolute Gasteiger partial charge is 0.426 e. The standard InChI is InChI=1S/C21H22N2O5.C2H6.CH4O/c1-4-19(24)27-16-11-10-15(18(12-16)28-20(25)5-2)13-22-23-21(26)17-9-7-6-8-14(17)3;2*1-2/h6-13H,4-5H2,1-3H3,(H,23,26);1-2H3;2H,1H3/b22-13+;;. The van der Waals surface area contributed by atoms with E-state index >= 15 is 0 Å². The number of hydrogen-bond acceptors (Lipinski definition) is 7. The van der Waals surface area contributed by atoms with Gasteiger partial charge in [0.15, 0.2) is 0 Å². The van der Waals surface area contributed by atoms with Crippen molar-refractivity contribution in [3.63, 3.8) is 0 Å². The van der Waals surface area contributed by atoms with E-state index in [1.165, 1.54) is 12.3 Å². The number of esters is 2. The maximum Gasteiger partial charge on any atom is 0.310 e. The molecule has 0 radical (unpaired) electrons. The van der Waals surface area contributed by atoms with Crippen molar-refractivity contribution >= 4 is 24.1 Å². The van der Waals surface area contributed by atoms with Gasteiger partial charge in [-0.05, 0) is 30.7 Å². The molecule has 0 saturated carbocycles. The van der Waals surface area contributed by atoms with Crippen LogP contribution in [0.1, 0.15) is 62.0 Å². The Morgan fingerprint density at radius 2 is 1.56 bits per heavy atom. The van der Waals surface area contributed by atoms with Crippen molar-refractivity contribution in [3.05, 3.63) is 59.2 Å². The summed E-state index contributed by atoms with van der Waals surface area (Å²) in [6, 6.07) is 11.7. The summed E-state index contributed by atoms with van der Waals surface area (Å²) in [4.78, 5) is 35.4. The van der Waals surface area contributed by atoms with Crippen LogP contribution in [-0.4, -0.2) is 36.3 Å². The van der Waals surface area contributed by atoms with E-state index in [9.17, 15) is 14.4 Å². The molecule has 32 heavy (non-hydrogen) atoms. The number of rotatable bonds is 7. The lowest BCUT2D eigenvalue weighted by Gasteiger charge is -2.09. The molecule has 0 aromatic heterocycles. The fraction of sp³-hybridized carbons (Fsp3) is 0.333. The predicted molar refractivity (Wildman–Crippen MR) is 124 cm³/mol. The molecule has 0 bridgehead atoms. The molecule has 0 spiro atoms. The van der Waals surface area contributed by atoms with Gasteiger partial charge in [-0.15, -0.1) is 0 Å². The number of aliphatic hydroxyl groups is 1. The van der Waals surface area contributed by atoms with Crippen LogP contribution in [0.2, 0.25) is 0 Å². The van der Waals surface area contributed by atoms with Crippen molar-refractivity contribution in [2.24, 2.45) is 5.10 Å². The molecule has 0 fully saturated rings. The van der Waals surface area contributed by atoms with Crippen LogP contribution in [0.25, 0.3) is 0 Å². The molecule has 2 rings (SSSR count). The first-order chi connectivity index (χ1) is 15.4. The topological polar surface area (TPSA) is 114 Å². The minimum Gasteiger partial charge on any atom is -0.426 e. The summed E-state index contributed by atoms with van der Waals surface area (Å²) >= 11 is 0. The Labute approximate surface area is 189 Å². The molecule has 0 heterocycles. The highest BCUT2D eigenvalue weighted by molar-refractivity contribution is 5.96. The molecule has 2 aromatic carbocycles. The second-order valence-electron chi connectivity index (χ2n) is 5.87. The molecule has 8 heteroatoms. The van der Waals surface area contributed by atoms with E-state index in [1.807, 2.05) is 32.9 Å². The highest BCUT2D eigenvalue weighted by Crippen LogP contribution is 2.24. The number of carbonyl (C=O) groups is 3. The van der Waals surface area contributed by atoms with Crippen LogP contribution in [0.5, 0.6) is 11.5 Å². The van der Waals surface area contributed by atoms with Gasteiger partial charge in [0, 0.05) is 37.1 Å². The van der Waals surface area contributed by atoms with Crippen LogP contribution in [0.4, 0.5) is 0 Å². The zero-order valence-electron chi connectivity index (χ0n) is 19.5. The van der Waals surface area contributed by atoms with Gasteiger partial charge in [-0.2, -0.15) is 5.10 Å². The molecule has 0 aliphatic carbocycles. The van der Waals surface area contributed by atoms with Gasteiger partial charge < -0.3 is 14.6 Å². The van der Waals surface area contributed by atoms with Gasteiger partial charge >= 0.3 is 11.9 Å². The van der Waals surface area contributed by atoms with Crippen LogP contribution >= 0.6 is 0 Å². The van der Waals surface area contributed by atoms with E-state index in [0.29, 0.717) is 11.1 Å². The number of aliphatic hydroxyl groups excluding tert-OH is 1. The van der Waals surface area contributed by atoms with Crippen LogP contribution in [0, 0.1) is 6.92 Å². The Bertz CT molecular complexity index is 909. The zero-order valence-corrected chi connectivity index (χ0v) is 19.5. The number of hydrazone groups is 1. The summed E-state index contributed by atoms with van der Waals surface area (Å²) in [6.07, 6.45) is 1.76. The lowest BCUT2D eigenvalue weighted by atomic mass is 10.1. The van der Waals surface area contributed by atoms with E-state index in [2.05, 4.69) is 10.5 Å². The van der Waals surface area contributed by atoms with E-state index in [-0.39, 0.29) is 30.2 Å². The first-order valence-corrected chi connectivity index (χ1v) is 10.3. The van der Waals surface area contributed by atoms with Crippen molar-refractivity contribution in [3.8, 4) is 11.5 Å². The molecule has 2 aromatic rings. The second kappa shape index (κ2) is 16.2. The van der Waals surface area contributed by atoms with Gasteiger partial charge in [0.1, 0.15) is 11.5 Å². The molecule has 0 saturated heterocycles. The monoisotopic (exact) mass is 444 g/mol. The molecule has 0 atom stereocenters. The van der Waals surface area contributed by atoms with Crippen molar-refractivity contribution < 1.29 is 29.0 Å². The zero-order chi connectivity index (χ0) is 24.5. The molecule has 0 aliphatic rings. The number of amides is 1. The lowest BCUT2D eigenvalue weighted by Crippen LogP contribution is -2.18. The summed E-state index contributed by atoms with van der Waals surface area (Å²) in [5, 5.41) is 10.9. The molecule has 0 unspecified atom stereocenters. The van der Waals surface area contributed by atoms with Crippen molar-refractivity contribution in [2.45, 2.75) is 47.5 Å². The molecular weight excluding hydrogens is 412 g/mol. The first-order valence-electron chi connectivity index (χ1n) is 10.3. The van der Waals surface area contributed by atoms with Gasteiger partial charge in [-0.1, -0.05) is 45.9 Å². The van der Waals surface area contributed by atoms with Crippen LogP contribution < -0.4 is 14.9 Å². The molecule has 2 N–H and O–H groups in total. The number of ether oxygens (including phenoxy) is 2. The number of hydrogen-bond donors (Lipinski definition) is 2. The fourth-order valence-corrected chi connectivity index (χ4v) is 2.22. The molecule has 0 aliphatic heterocycles. The minimum absolute atomic E-state index is 0.180. The number of nitrogens with one attached hydrogen (secondary N) is 1. The van der Waals surface area contributed by atoms with E-state index < -0.39 is 11.9 Å². The highest BCUT2D eigenvalue weighted by Gasteiger charge is 2.11. The summed E-state index contributed by atoms with van der Waals surface area (Å²) in [6.45, 7) is 9.18. The quantitative estimate of drug-likeness (QED) is 0.288. The Morgan fingerprint density at radius 1 is 0.969 bits per heavy atom. The third-order valence-electron chi connectivity index (χ3n) is 3.78. The molecule has 8 nitrogen and oxygen atoms in total. The van der Waals surface area contributed by atoms with E-state index in [4.69, 9.17) is 14.6 Å². The maximum atomic E-state index is 12.2. The number of nitrogens with zero attached hydrogens (tertiary/aromatic N) is 1. The van der Waals surface area contributed by atoms with Crippen LogP contribution in [0.15, 0.2) is 47.6 Å². The minimum atomic E-state index is -0.447. The van der Waals surface area contributed by atoms with Gasteiger partial charge in [0.25, 0.3) is 5.91 Å². The normalized spacial score (nSPS) is 9.59. The van der Waals surface area contributed by atoms with Gasteiger partial charge in [-0.25, -0.2) is 5.43 Å². The second-order valence-corrected chi connectivity index (χ2v) is 5.87. The summed E-state index contributed by atoms with van der Waals surface area (Å²) < 4.78 is 10.4. The Kier molecular flexibility index (Phi) is 14.4. The predicted octanol–water partition coefficient (Wildman–Crippen LogP) is 4.02. The summed E-state index contributed by atoms with van der Waals surface area (Å²) in [5.74, 6) is -0.763. The van der Waals surface area contributed by atoms with Gasteiger partial charge in [-0.3, -0.25) is 14.4 Å². The van der Waals surface area contributed by atoms with Gasteiger partial charge in [0.2, 0.25) is 0 Å². The average molecular weight is 445 g/mol. The van der Waals surface area contributed by atoms with Crippen molar-refractivity contribution in [1.82, 2.24) is 5.43 Å². The first kappa shape index (κ1) is 28.5. The smallest absolute Gasteiger partial charge is 0.310 e. The van der Waals surface area contributed by atoms with Crippen molar-refractivity contribution in [1.29, 1.82) is 0 Å².